The van der Waals surface area contributed by atoms with E-state index in [0.717, 1.165) is 28.8 Å². The monoisotopic (exact) mass is 325 g/mol. The predicted molar refractivity (Wildman–Crippen MR) is 77.5 cm³/mol. The third-order valence-electron chi connectivity index (χ3n) is 2.88. The summed E-state index contributed by atoms with van der Waals surface area (Å²) in [5.41, 5.74) is 3.08. The Kier molecular flexibility index (Phi) is 4.71. The summed E-state index contributed by atoms with van der Waals surface area (Å²) in [6, 6.07) is 4.89. The van der Waals surface area contributed by atoms with Crippen LogP contribution in [0, 0.1) is 12.7 Å². The van der Waals surface area contributed by atoms with Crippen LogP contribution in [0.4, 0.5) is 4.39 Å². The highest BCUT2D eigenvalue weighted by atomic mass is 79.9. The van der Waals surface area contributed by atoms with Crippen LogP contribution in [0.1, 0.15) is 23.7 Å². The van der Waals surface area contributed by atoms with E-state index in [2.05, 4.69) is 33.3 Å². The Balaban J connectivity index is 2.14. The molecule has 0 bridgehead atoms. The summed E-state index contributed by atoms with van der Waals surface area (Å²) in [5.74, 6) is -0.235. The molecule has 0 radical (unpaired) electrons. The minimum atomic E-state index is -0.235. The molecule has 0 saturated heterocycles. The molecule has 1 heterocycles. The molecule has 0 unspecified atom stereocenters. The molecule has 0 aliphatic rings. The van der Waals surface area contributed by atoms with Crippen LogP contribution < -0.4 is 5.32 Å². The molecule has 0 spiro atoms. The van der Waals surface area contributed by atoms with Gasteiger partial charge in [0, 0.05) is 22.8 Å². The van der Waals surface area contributed by atoms with Crippen molar-refractivity contribution in [3.8, 4) is 0 Å². The van der Waals surface area contributed by atoms with E-state index in [4.69, 9.17) is 0 Å². The summed E-state index contributed by atoms with van der Waals surface area (Å²) in [7, 11) is 0. The van der Waals surface area contributed by atoms with Crippen molar-refractivity contribution < 1.29 is 4.39 Å². The summed E-state index contributed by atoms with van der Waals surface area (Å²) in [6.07, 6.45) is 2.01. The van der Waals surface area contributed by atoms with Gasteiger partial charge in [-0.05, 0) is 37.2 Å². The molecule has 0 amide bonds. The van der Waals surface area contributed by atoms with Gasteiger partial charge in [0.1, 0.15) is 5.82 Å². The number of benzene rings is 1. The quantitative estimate of drug-likeness (QED) is 0.914. The first-order valence-corrected chi connectivity index (χ1v) is 7.06. The van der Waals surface area contributed by atoms with Gasteiger partial charge in [-0.15, -0.1) is 0 Å². The van der Waals surface area contributed by atoms with E-state index in [0.29, 0.717) is 6.54 Å². The average molecular weight is 326 g/mol. The number of aromatic nitrogens is 2. The Morgan fingerprint density at radius 2 is 2.16 bits per heavy atom. The number of nitrogens with zero attached hydrogens (tertiary/aromatic N) is 2. The van der Waals surface area contributed by atoms with E-state index in [1.54, 1.807) is 0 Å². The zero-order valence-corrected chi connectivity index (χ0v) is 12.7. The third-order valence-corrected chi connectivity index (χ3v) is 3.34. The van der Waals surface area contributed by atoms with Gasteiger partial charge < -0.3 is 5.32 Å². The van der Waals surface area contributed by atoms with Crippen LogP contribution in [0.5, 0.6) is 0 Å². The first kappa shape index (κ1) is 14.2. The van der Waals surface area contributed by atoms with E-state index in [1.807, 2.05) is 23.9 Å². The van der Waals surface area contributed by atoms with Gasteiger partial charge in [0.2, 0.25) is 0 Å². The predicted octanol–water partition coefficient (Wildman–Crippen LogP) is 3.25. The number of nitrogens with one attached hydrogen (secondary N) is 1. The molecule has 1 aromatic heterocycles. The lowest BCUT2D eigenvalue weighted by Crippen LogP contribution is -2.11. The van der Waals surface area contributed by atoms with Crippen molar-refractivity contribution in [1.82, 2.24) is 15.1 Å². The maximum Gasteiger partial charge on any atom is 0.124 e. The smallest absolute Gasteiger partial charge is 0.124 e. The Morgan fingerprint density at radius 1 is 1.37 bits per heavy atom. The van der Waals surface area contributed by atoms with Gasteiger partial charge in [0.15, 0.2) is 0 Å². The summed E-state index contributed by atoms with van der Waals surface area (Å²) in [4.78, 5) is 0. The van der Waals surface area contributed by atoms with Gasteiger partial charge >= 0.3 is 0 Å². The average Bonchev–Trinajstić information content (AvgIpc) is 2.65. The molecule has 2 rings (SSSR count). The molecule has 1 aromatic carbocycles. The lowest BCUT2D eigenvalue weighted by Gasteiger charge is -2.03. The largest absolute Gasteiger partial charge is 0.313 e. The van der Waals surface area contributed by atoms with Crippen LogP contribution in [-0.2, 0) is 13.1 Å². The molecule has 1 N–H and O–H groups in total. The Hall–Kier alpha value is -1.20. The summed E-state index contributed by atoms with van der Waals surface area (Å²) >= 11 is 3.30. The summed E-state index contributed by atoms with van der Waals surface area (Å²) < 4.78 is 15.9. The normalized spacial score (nSPS) is 10.9. The van der Waals surface area contributed by atoms with Crippen molar-refractivity contribution in [1.29, 1.82) is 0 Å². The standard InChI is InChI=1S/C14H17BrFN3/c1-3-17-7-12-9-19(18-10(12)2)8-11-4-13(15)6-14(16)5-11/h4-6,9,17H,3,7-8H2,1-2H3. The molecule has 0 atom stereocenters. The highest BCUT2D eigenvalue weighted by Crippen LogP contribution is 2.16. The summed E-state index contributed by atoms with van der Waals surface area (Å²) in [5, 5.41) is 7.74. The van der Waals surface area contributed by atoms with E-state index in [9.17, 15) is 4.39 Å². The fraction of sp³-hybridized carbons (Fsp3) is 0.357. The second-order valence-electron chi connectivity index (χ2n) is 4.50. The number of halogens is 2. The molecule has 0 aliphatic heterocycles. The zero-order chi connectivity index (χ0) is 13.8. The van der Waals surface area contributed by atoms with Crippen LogP contribution >= 0.6 is 15.9 Å². The lowest BCUT2D eigenvalue weighted by molar-refractivity contribution is 0.617. The third kappa shape index (κ3) is 3.88. The first-order valence-electron chi connectivity index (χ1n) is 6.27. The van der Waals surface area contributed by atoms with Crippen LogP contribution in [0.2, 0.25) is 0 Å². The SMILES string of the molecule is CCNCc1cn(Cc2cc(F)cc(Br)c2)nc1C. The molecule has 0 aliphatic carbocycles. The van der Waals surface area contributed by atoms with Crippen LogP contribution in [0.25, 0.3) is 0 Å². The van der Waals surface area contributed by atoms with Gasteiger partial charge in [-0.3, -0.25) is 4.68 Å². The molecule has 0 fully saturated rings. The van der Waals surface area contributed by atoms with Crippen molar-refractivity contribution in [2.75, 3.05) is 6.54 Å². The number of hydrogen-bond donors (Lipinski definition) is 1. The van der Waals surface area contributed by atoms with Crippen LogP contribution in [0.3, 0.4) is 0 Å². The van der Waals surface area contributed by atoms with Crippen LogP contribution in [-0.4, -0.2) is 16.3 Å². The molecular weight excluding hydrogens is 309 g/mol. The van der Waals surface area contributed by atoms with Crippen molar-refractivity contribution >= 4 is 15.9 Å². The zero-order valence-electron chi connectivity index (χ0n) is 11.1. The fourth-order valence-electron chi connectivity index (χ4n) is 1.96. The van der Waals surface area contributed by atoms with Crippen molar-refractivity contribution in [3.63, 3.8) is 0 Å². The molecular formula is C14H17BrFN3. The number of rotatable bonds is 5. The van der Waals surface area contributed by atoms with Gasteiger partial charge in [-0.25, -0.2) is 4.39 Å². The maximum absolute atomic E-state index is 13.3. The van der Waals surface area contributed by atoms with Gasteiger partial charge in [-0.1, -0.05) is 22.9 Å². The lowest BCUT2D eigenvalue weighted by atomic mass is 10.2. The second-order valence-corrected chi connectivity index (χ2v) is 5.41. The van der Waals surface area contributed by atoms with E-state index in [1.165, 1.54) is 17.7 Å². The van der Waals surface area contributed by atoms with Gasteiger partial charge in [0.05, 0.1) is 12.2 Å². The van der Waals surface area contributed by atoms with Crippen LogP contribution in [0.15, 0.2) is 28.9 Å². The van der Waals surface area contributed by atoms with Crippen molar-refractivity contribution in [3.05, 3.63) is 51.5 Å². The number of hydrogen-bond acceptors (Lipinski definition) is 2. The van der Waals surface area contributed by atoms with Gasteiger partial charge in [0.25, 0.3) is 0 Å². The minimum Gasteiger partial charge on any atom is -0.313 e. The molecule has 19 heavy (non-hydrogen) atoms. The van der Waals surface area contributed by atoms with Gasteiger partial charge in [-0.2, -0.15) is 5.10 Å². The van der Waals surface area contributed by atoms with Crippen molar-refractivity contribution in [2.24, 2.45) is 0 Å². The molecule has 0 saturated carbocycles. The first-order chi connectivity index (χ1) is 9.08. The number of aryl methyl sites for hydroxylation is 1. The Labute approximate surface area is 121 Å². The van der Waals surface area contributed by atoms with E-state index in [-0.39, 0.29) is 5.82 Å². The van der Waals surface area contributed by atoms with E-state index < -0.39 is 0 Å². The molecule has 102 valence electrons. The Bertz CT molecular complexity index is 546. The minimum absolute atomic E-state index is 0.235. The highest BCUT2D eigenvalue weighted by molar-refractivity contribution is 9.10. The second kappa shape index (κ2) is 6.30. The van der Waals surface area contributed by atoms with Crippen molar-refractivity contribution in [2.45, 2.75) is 26.9 Å². The topological polar surface area (TPSA) is 29.9 Å². The summed E-state index contributed by atoms with van der Waals surface area (Å²) in [6.45, 7) is 6.38. The molecule has 5 heteroatoms. The molecule has 2 aromatic rings. The highest BCUT2D eigenvalue weighted by Gasteiger charge is 2.06. The maximum atomic E-state index is 13.3. The Morgan fingerprint density at radius 3 is 2.84 bits per heavy atom. The van der Waals surface area contributed by atoms with E-state index >= 15 is 0 Å². The fourth-order valence-corrected chi connectivity index (χ4v) is 2.48. The molecule has 3 nitrogen and oxygen atoms in total.